The summed E-state index contributed by atoms with van der Waals surface area (Å²) in [6, 6.07) is 14.3. The molecule has 7 nitrogen and oxygen atoms in total. The van der Waals surface area contributed by atoms with Gasteiger partial charge in [0.15, 0.2) is 5.13 Å². The maximum absolute atomic E-state index is 12.5. The van der Waals surface area contributed by atoms with Crippen LogP contribution in [0.4, 0.5) is 10.8 Å². The van der Waals surface area contributed by atoms with Crippen LogP contribution in [0.15, 0.2) is 59.5 Å². The number of nitro benzene ring substituents is 1. The van der Waals surface area contributed by atoms with Gasteiger partial charge in [-0.25, -0.2) is 13.4 Å². The Morgan fingerprint density at radius 2 is 1.84 bits per heavy atom. The molecule has 1 aromatic heterocycles. The van der Waals surface area contributed by atoms with Crippen molar-refractivity contribution in [2.75, 3.05) is 4.72 Å². The third kappa shape index (κ3) is 3.67. The number of sulfonamides is 1. The Morgan fingerprint density at radius 3 is 2.52 bits per heavy atom. The molecule has 0 aliphatic carbocycles. The molecule has 25 heavy (non-hydrogen) atoms. The van der Waals surface area contributed by atoms with Crippen LogP contribution in [0.2, 0.25) is 0 Å². The van der Waals surface area contributed by atoms with Crippen LogP contribution >= 0.6 is 11.3 Å². The molecule has 0 unspecified atom stereocenters. The van der Waals surface area contributed by atoms with Crippen molar-refractivity contribution in [2.45, 2.75) is 11.8 Å². The Hall–Kier alpha value is -2.78. The van der Waals surface area contributed by atoms with Gasteiger partial charge in [-0.3, -0.25) is 14.8 Å². The second-order valence-electron chi connectivity index (χ2n) is 5.15. The number of aryl methyl sites for hydroxylation is 1. The van der Waals surface area contributed by atoms with Gasteiger partial charge in [0.2, 0.25) is 0 Å². The summed E-state index contributed by atoms with van der Waals surface area (Å²) >= 11 is 1.21. The number of hydrogen-bond acceptors (Lipinski definition) is 6. The third-order valence-electron chi connectivity index (χ3n) is 3.40. The van der Waals surface area contributed by atoms with Crippen molar-refractivity contribution < 1.29 is 13.3 Å². The molecule has 0 bridgehead atoms. The van der Waals surface area contributed by atoms with E-state index in [0.717, 1.165) is 16.5 Å². The van der Waals surface area contributed by atoms with Gasteiger partial charge < -0.3 is 0 Å². The normalized spacial score (nSPS) is 11.2. The third-order valence-corrected chi connectivity index (χ3v) is 5.76. The van der Waals surface area contributed by atoms with Crippen LogP contribution in [0.25, 0.3) is 11.3 Å². The molecule has 0 fully saturated rings. The van der Waals surface area contributed by atoms with Crippen LogP contribution < -0.4 is 4.72 Å². The Morgan fingerprint density at radius 1 is 1.12 bits per heavy atom. The molecule has 3 rings (SSSR count). The summed E-state index contributed by atoms with van der Waals surface area (Å²) in [5.41, 5.74) is 1.29. The lowest BCUT2D eigenvalue weighted by Crippen LogP contribution is -2.13. The molecule has 2 aromatic carbocycles. The Labute approximate surface area is 148 Å². The molecule has 128 valence electrons. The highest BCUT2D eigenvalue weighted by molar-refractivity contribution is 7.93. The summed E-state index contributed by atoms with van der Waals surface area (Å²) in [6.45, 7) is 1.85. The summed E-state index contributed by atoms with van der Waals surface area (Å²) in [4.78, 5) is 15.2. The molecule has 0 spiro atoms. The lowest BCUT2D eigenvalue weighted by molar-refractivity contribution is -0.385. The van der Waals surface area contributed by atoms with Crippen molar-refractivity contribution in [1.82, 2.24) is 4.98 Å². The molecule has 0 amide bonds. The molecule has 0 aliphatic heterocycles. The number of aromatic nitrogens is 1. The topological polar surface area (TPSA) is 102 Å². The van der Waals surface area contributed by atoms with E-state index in [4.69, 9.17) is 0 Å². The summed E-state index contributed by atoms with van der Waals surface area (Å²) in [7, 11) is -3.96. The minimum Gasteiger partial charge on any atom is -0.258 e. The van der Waals surface area contributed by atoms with Crippen molar-refractivity contribution in [3.63, 3.8) is 0 Å². The van der Waals surface area contributed by atoms with Crippen molar-refractivity contribution in [3.8, 4) is 11.3 Å². The number of nitro groups is 1. The van der Waals surface area contributed by atoms with Gasteiger partial charge in [-0.1, -0.05) is 36.4 Å². The monoisotopic (exact) mass is 375 g/mol. The fourth-order valence-corrected chi connectivity index (χ4v) is 4.35. The van der Waals surface area contributed by atoms with E-state index in [-0.39, 0.29) is 15.7 Å². The van der Waals surface area contributed by atoms with E-state index in [9.17, 15) is 18.5 Å². The average molecular weight is 375 g/mol. The minimum absolute atomic E-state index is 0.184. The summed E-state index contributed by atoms with van der Waals surface area (Å²) in [5.74, 6) is 0. The highest BCUT2D eigenvalue weighted by Crippen LogP contribution is 2.31. The molecule has 0 aliphatic rings. The van der Waals surface area contributed by atoms with E-state index in [0.29, 0.717) is 5.69 Å². The van der Waals surface area contributed by atoms with E-state index >= 15 is 0 Å². The minimum atomic E-state index is -3.96. The number of thiazole rings is 1. The Balaban J connectivity index is 1.92. The van der Waals surface area contributed by atoms with Crippen LogP contribution in [0.3, 0.4) is 0 Å². The van der Waals surface area contributed by atoms with Crippen molar-refractivity contribution in [2.24, 2.45) is 0 Å². The van der Waals surface area contributed by atoms with Crippen LogP contribution in [-0.2, 0) is 10.0 Å². The molecule has 0 saturated heterocycles. The van der Waals surface area contributed by atoms with Crippen LogP contribution in [-0.4, -0.2) is 18.3 Å². The zero-order valence-electron chi connectivity index (χ0n) is 13.0. The van der Waals surface area contributed by atoms with Gasteiger partial charge in [-0.15, -0.1) is 11.3 Å². The highest BCUT2D eigenvalue weighted by Gasteiger charge is 2.20. The van der Waals surface area contributed by atoms with Gasteiger partial charge in [-0.05, 0) is 13.0 Å². The fraction of sp³-hybridized carbons (Fsp3) is 0.0625. The van der Waals surface area contributed by atoms with E-state index in [1.807, 2.05) is 37.3 Å². The first-order valence-electron chi connectivity index (χ1n) is 7.17. The number of anilines is 1. The first kappa shape index (κ1) is 17.1. The number of benzene rings is 2. The summed E-state index contributed by atoms with van der Waals surface area (Å²) in [6.07, 6.45) is 0. The molecule has 1 N–H and O–H groups in total. The Bertz CT molecular complexity index is 1030. The number of hydrogen-bond donors (Lipinski definition) is 1. The second kappa shape index (κ2) is 6.61. The van der Waals surface area contributed by atoms with Gasteiger partial charge in [0.25, 0.3) is 15.7 Å². The predicted octanol–water partition coefficient (Wildman–Crippen LogP) is 3.83. The standard InChI is InChI=1S/C16H13N3O4S2/c1-11-15(12-6-3-2-4-7-12)17-16(24-11)18-25(22,23)14-9-5-8-13(10-14)19(20)21/h2-10H,1H3,(H,17,18). The maximum atomic E-state index is 12.5. The SMILES string of the molecule is Cc1sc(NS(=O)(=O)c2cccc([N+](=O)[O-])c2)nc1-c1ccccc1. The Kier molecular flexibility index (Phi) is 4.51. The van der Waals surface area contributed by atoms with Gasteiger partial charge >= 0.3 is 0 Å². The first-order chi connectivity index (χ1) is 11.9. The molecule has 0 atom stereocenters. The highest BCUT2D eigenvalue weighted by atomic mass is 32.2. The number of nitrogens with one attached hydrogen (secondary N) is 1. The van der Waals surface area contributed by atoms with Crippen LogP contribution in [0.5, 0.6) is 0 Å². The van der Waals surface area contributed by atoms with Crippen molar-refractivity contribution >= 4 is 32.2 Å². The van der Waals surface area contributed by atoms with Crippen LogP contribution in [0, 0.1) is 17.0 Å². The van der Waals surface area contributed by atoms with Gasteiger partial charge in [0, 0.05) is 22.6 Å². The maximum Gasteiger partial charge on any atom is 0.270 e. The molecule has 1 heterocycles. The molecule has 0 saturated carbocycles. The number of rotatable bonds is 5. The van der Waals surface area contributed by atoms with Gasteiger partial charge in [0.05, 0.1) is 15.5 Å². The summed E-state index contributed by atoms with van der Waals surface area (Å²) < 4.78 is 27.3. The zero-order valence-corrected chi connectivity index (χ0v) is 14.7. The lowest BCUT2D eigenvalue weighted by Gasteiger charge is -2.04. The predicted molar refractivity (Wildman–Crippen MR) is 96.2 cm³/mol. The lowest BCUT2D eigenvalue weighted by atomic mass is 10.1. The average Bonchev–Trinajstić information content (AvgIpc) is 2.95. The van der Waals surface area contributed by atoms with E-state index < -0.39 is 14.9 Å². The quantitative estimate of drug-likeness (QED) is 0.539. The zero-order chi connectivity index (χ0) is 18.0. The van der Waals surface area contributed by atoms with E-state index in [1.165, 1.54) is 29.5 Å². The van der Waals surface area contributed by atoms with E-state index in [2.05, 4.69) is 9.71 Å². The smallest absolute Gasteiger partial charge is 0.258 e. The molecule has 3 aromatic rings. The van der Waals surface area contributed by atoms with Crippen molar-refractivity contribution in [1.29, 1.82) is 0 Å². The summed E-state index contributed by atoms with van der Waals surface area (Å²) in [5, 5.41) is 11.0. The van der Waals surface area contributed by atoms with Crippen LogP contribution in [0.1, 0.15) is 4.88 Å². The molecular formula is C16H13N3O4S2. The number of non-ortho nitro benzene ring substituents is 1. The van der Waals surface area contributed by atoms with Crippen molar-refractivity contribution in [3.05, 3.63) is 69.6 Å². The molecule has 9 heteroatoms. The first-order valence-corrected chi connectivity index (χ1v) is 9.47. The largest absolute Gasteiger partial charge is 0.270 e. The second-order valence-corrected chi connectivity index (χ2v) is 8.04. The number of nitrogens with zero attached hydrogens (tertiary/aromatic N) is 2. The fourth-order valence-electron chi connectivity index (χ4n) is 2.24. The van der Waals surface area contributed by atoms with Gasteiger partial charge in [0.1, 0.15) is 0 Å². The van der Waals surface area contributed by atoms with Gasteiger partial charge in [-0.2, -0.15) is 0 Å². The molecule has 0 radical (unpaired) electrons. The van der Waals surface area contributed by atoms with E-state index in [1.54, 1.807) is 0 Å². The molecular weight excluding hydrogens is 362 g/mol.